The molecule has 1 N–H and O–H groups in total. The lowest BCUT2D eigenvalue weighted by atomic mass is 10.0. The molecule has 0 aromatic rings. The van der Waals surface area contributed by atoms with Crippen LogP contribution in [0.3, 0.4) is 0 Å². The van der Waals surface area contributed by atoms with Gasteiger partial charge in [-0.1, -0.05) is 34.1 Å². The Kier molecular flexibility index (Phi) is 6.96. The van der Waals surface area contributed by atoms with Gasteiger partial charge in [-0.25, -0.2) is 0 Å². The molecule has 0 radical (unpaired) electrons. The van der Waals surface area contributed by atoms with E-state index < -0.39 is 0 Å². The number of thioether (sulfide) groups is 1. The monoisotopic (exact) mass is 190 g/mol. The van der Waals surface area contributed by atoms with E-state index in [4.69, 9.17) is 0 Å². The standard InChI is InChI=1S/C10H22OS/c1-5-6-9(4)10(11)7-12-8(2)3/h8-11H,5-7H2,1-4H3. The van der Waals surface area contributed by atoms with Gasteiger partial charge in [0.1, 0.15) is 0 Å². The molecule has 0 rings (SSSR count). The summed E-state index contributed by atoms with van der Waals surface area (Å²) in [6.07, 6.45) is 2.20. The van der Waals surface area contributed by atoms with E-state index in [1.807, 2.05) is 11.8 Å². The number of hydrogen-bond donors (Lipinski definition) is 1. The molecule has 0 aliphatic heterocycles. The van der Waals surface area contributed by atoms with E-state index >= 15 is 0 Å². The highest BCUT2D eigenvalue weighted by Gasteiger charge is 2.13. The van der Waals surface area contributed by atoms with Gasteiger partial charge in [-0.05, 0) is 17.6 Å². The lowest BCUT2D eigenvalue weighted by Crippen LogP contribution is -2.20. The fourth-order valence-electron chi connectivity index (χ4n) is 1.10. The predicted octanol–water partition coefficient (Wildman–Crippen LogP) is 2.93. The predicted molar refractivity (Wildman–Crippen MR) is 57.7 cm³/mol. The first-order valence-electron chi connectivity index (χ1n) is 4.87. The molecule has 0 heterocycles. The Morgan fingerprint density at radius 1 is 1.25 bits per heavy atom. The summed E-state index contributed by atoms with van der Waals surface area (Å²) in [5.41, 5.74) is 0. The van der Waals surface area contributed by atoms with Crippen LogP contribution in [0.1, 0.15) is 40.5 Å². The first-order chi connectivity index (χ1) is 5.57. The van der Waals surface area contributed by atoms with Gasteiger partial charge in [-0.3, -0.25) is 0 Å². The molecule has 74 valence electrons. The second kappa shape index (κ2) is 6.79. The van der Waals surface area contributed by atoms with Crippen molar-refractivity contribution in [2.45, 2.75) is 51.9 Å². The molecule has 2 heteroatoms. The molecule has 0 aliphatic carbocycles. The fourth-order valence-corrected chi connectivity index (χ4v) is 2.01. The molecular weight excluding hydrogens is 168 g/mol. The van der Waals surface area contributed by atoms with Crippen molar-refractivity contribution in [3.63, 3.8) is 0 Å². The Labute approximate surface area is 80.9 Å². The van der Waals surface area contributed by atoms with E-state index in [9.17, 15) is 5.11 Å². The maximum atomic E-state index is 9.68. The third-order valence-electron chi connectivity index (χ3n) is 2.00. The van der Waals surface area contributed by atoms with Gasteiger partial charge in [0, 0.05) is 5.75 Å². The quantitative estimate of drug-likeness (QED) is 0.695. The Hall–Kier alpha value is 0.310. The van der Waals surface area contributed by atoms with Gasteiger partial charge in [0.15, 0.2) is 0 Å². The van der Waals surface area contributed by atoms with Crippen molar-refractivity contribution in [1.29, 1.82) is 0 Å². The topological polar surface area (TPSA) is 20.2 Å². The van der Waals surface area contributed by atoms with E-state index in [1.54, 1.807) is 0 Å². The second-order valence-corrected chi connectivity index (χ2v) is 5.32. The molecule has 0 aromatic carbocycles. The number of rotatable bonds is 6. The minimum Gasteiger partial charge on any atom is -0.392 e. The highest BCUT2D eigenvalue weighted by atomic mass is 32.2. The van der Waals surface area contributed by atoms with Gasteiger partial charge < -0.3 is 5.11 Å². The van der Waals surface area contributed by atoms with Crippen LogP contribution in [0, 0.1) is 5.92 Å². The molecule has 2 atom stereocenters. The van der Waals surface area contributed by atoms with Crippen LogP contribution in [0.15, 0.2) is 0 Å². The lowest BCUT2D eigenvalue weighted by molar-refractivity contribution is 0.134. The van der Waals surface area contributed by atoms with Gasteiger partial charge in [-0.2, -0.15) is 11.8 Å². The summed E-state index contributed by atoms with van der Waals surface area (Å²) < 4.78 is 0. The average molecular weight is 190 g/mol. The van der Waals surface area contributed by atoms with Crippen LogP contribution >= 0.6 is 11.8 Å². The fraction of sp³-hybridized carbons (Fsp3) is 1.00. The molecule has 0 fully saturated rings. The Morgan fingerprint density at radius 2 is 1.83 bits per heavy atom. The zero-order valence-corrected chi connectivity index (χ0v) is 9.53. The lowest BCUT2D eigenvalue weighted by Gasteiger charge is -2.18. The molecular formula is C10H22OS. The van der Waals surface area contributed by atoms with Crippen LogP contribution < -0.4 is 0 Å². The first kappa shape index (κ1) is 12.3. The van der Waals surface area contributed by atoms with Crippen molar-refractivity contribution in [2.24, 2.45) is 5.92 Å². The highest BCUT2D eigenvalue weighted by molar-refractivity contribution is 7.99. The summed E-state index contributed by atoms with van der Waals surface area (Å²) >= 11 is 1.84. The van der Waals surface area contributed by atoms with Gasteiger partial charge >= 0.3 is 0 Å². The smallest absolute Gasteiger partial charge is 0.0656 e. The Bertz CT molecular complexity index is 104. The largest absolute Gasteiger partial charge is 0.392 e. The Balaban J connectivity index is 3.49. The van der Waals surface area contributed by atoms with E-state index in [1.165, 1.54) is 6.42 Å². The van der Waals surface area contributed by atoms with E-state index in [-0.39, 0.29) is 6.10 Å². The number of aliphatic hydroxyl groups is 1. The maximum Gasteiger partial charge on any atom is 0.0656 e. The van der Waals surface area contributed by atoms with Crippen LogP contribution in [-0.4, -0.2) is 22.2 Å². The zero-order chi connectivity index (χ0) is 9.56. The van der Waals surface area contributed by atoms with E-state index in [0.717, 1.165) is 12.2 Å². The third kappa shape index (κ3) is 5.90. The summed E-state index contributed by atoms with van der Waals surface area (Å²) in [7, 11) is 0. The summed E-state index contributed by atoms with van der Waals surface area (Å²) in [6.45, 7) is 8.64. The van der Waals surface area contributed by atoms with Crippen molar-refractivity contribution >= 4 is 11.8 Å². The van der Waals surface area contributed by atoms with Crippen molar-refractivity contribution in [2.75, 3.05) is 5.75 Å². The summed E-state index contributed by atoms with van der Waals surface area (Å²) in [4.78, 5) is 0. The van der Waals surface area contributed by atoms with Crippen LogP contribution in [0.2, 0.25) is 0 Å². The number of hydrogen-bond acceptors (Lipinski definition) is 2. The number of aliphatic hydroxyl groups excluding tert-OH is 1. The highest BCUT2D eigenvalue weighted by Crippen LogP contribution is 2.17. The van der Waals surface area contributed by atoms with Crippen LogP contribution in [0.5, 0.6) is 0 Å². The summed E-state index contributed by atoms with van der Waals surface area (Å²) in [5, 5.41) is 10.3. The minimum absolute atomic E-state index is 0.114. The molecule has 0 spiro atoms. The third-order valence-corrected chi connectivity index (χ3v) is 3.20. The van der Waals surface area contributed by atoms with Crippen LogP contribution in [0.4, 0.5) is 0 Å². The zero-order valence-electron chi connectivity index (χ0n) is 8.71. The van der Waals surface area contributed by atoms with Gasteiger partial charge in [0.25, 0.3) is 0 Å². The molecule has 0 aliphatic rings. The van der Waals surface area contributed by atoms with Gasteiger partial charge in [-0.15, -0.1) is 0 Å². The van der Waals surface area contributed by atoms with E-state index in [0.29, 0.717) is 11.2 Å². The molecule has 0 saturated heterocycles. The molecule has 2 unspecified atom stereocenters. The van der Waals surface area contributed by atoms with Crippen molar-refractivity contribution in [3.05, 3.63) is 0 Å². The second-order valence-electron chi connectivity index (χ2n) is 3.72. The SMILES string of the molecule is CCCC(C)C(O)CSC(C)C. The average Bonchev–Trinajstić information content (AvgIpc) is 2.00. The molecule has 0 amide bonds. The maximum absolute atomic E-state index is 9.68. The van der Waals surface area contributed by atoms with E-state index in [2.05, 4.69) is 27.7 Å². The van der Waals surface area contributed by atoms with Crippen LogP contribution in [0.25, 0.3) is 0 Å². The molecule has 12 heavy (non-hydrogen) atoms. The van der Waals surface area contributed by atoms with Crippen molar-refractivity contribution < 1.29 is 5.11 Å². The minimum atomic E-state index is -0.114. The molecule has 0 saturated carbocycles. The Morgan fingerprint density at radius 3 is 2.25 bits per heavy atom. The summed E-state index contributed by atoms with van der Waals surface area (Å²) in [5.74, 6) is 1.35. The van der Waals surface area contributed by atoms with Crippen molar-refractivity contribution in [3.8, 4) is 0 Å². The normalized spacial score (nSPS) is 16.5. The van der Waals surface area contributed by atoms with Crippen LogP contribution in [-0.2, 0) is 0 Å². The van der Waals surface area contributed by atoms with Gasteiger partial charge in [0.2, 0.25) is 0 Å². The first-order valence-corrected chi connectivity index (χ1v) is 5.92. The molecule has 0 aromatic heterocycles. The molecule has 1 nitrogen and oxygen atoms in total. The molecule has 0 bridgehead atoms. The van der Waals surface area contributed by atoms with Gasteiger partial charge in [0.05, 0.1) is 6.10 Å². The van der Waals surface area contributed by atoms with Crippen molar-refractivity contribution in [1.82, 2.24) is 0 Å². The summed E-state index contributed by atoms with van der Waals surface area (Å²) in [6, 6.07) is 0.